The molecule has 86 valence electrons. The van der Waals surface area contributed by atoms with E-state index in [4.69, 9.17) is 0 Å². The monoisotopic (exact) mass is 234 g/mol. The molecule has 2 aromatic rings. The van der Waals surface area contributed by atoms with Crippen molar-refractivity contribution in [3.63, 3.8) is 0 Å². The fourth-order valence-corrected chi connectivity index (χ4v) is 2.29. The lowest BCUT2D eigenvalue weighted by Gasteiger charge is -2.22. The van der Waals surface area contributed by atoms with Gasteiger partial charge in [0.15, 0.2) is 11.3 Å². The van der Waals surface area contributed by atoms with Gasteiger partial charge < -0.3 is 4.90 Å². The molecule has 0 radical (unpaired) electrons. The Labute approximate surface area is 103 Å². The van der Waals surface area contributed by atoms with Crippen molar-refractivity contribution < 1.29 is 0 Å². The van der Waals surface area contributed by atoms with Crippen LogP contribution in [0, 0.1) is 0 Å². The van der Waals surface area contributed by atoms with Gasteiger partial charge in [-0.1, -0.05) is 24.3 Å². The first-order chi connectivity index (χ1) is 8.92. The first-order valence-corrected chi connectivity index (χ1v) is 5.85. The number of pyridine rings is 1. The van der Waals surface area contributed by atoms with Crippen molar-refractivity contribution >= 4 is 23.2 Å². The molecule has 0 saturated heterocycles. The van der Waals surface area contributed by atoms with Gasteiger partial charge in [0.2, 0.25) is 0 Å². The molecule has 2 aliphatic rings. The van der Waals surface area contributed by atoms with Gasteiger partial charge in [-0.3, -0.25) is 4.99 Å². The average Bonchev–Trinajstić information content (AvgIpc) is 2.45. The number of hydrogen-bond acceptors (Lipinski definition) is 4. The molecule has 4 rings (SSSR count). The van der Waals surface area contributed by atoms with Crippen molar-refractivity contribution in [2.24, 2.45) is 9.98 Å². The topological polar surface area (TPSA) is 40.9 Å². The van der Waals surface area contributed by atoms with E-state index >= 15 is 0 Å². The second-order valence-corrected chi connectivity index (χ2v) is 4.29. The zero-order valence-corrected chi connectivity index (χ0v) is 9.61. The second-order valence-electron chi connectivity index (χ2n) is 4.29. The molecule has 0 aliphatic carbocycles. The first kappa shape index (κ1) is 9.53. The van der Waals surface area contributed by atoms with E-state index in [-0.39, 0.29) is 0 Å². The molecule has 3 heterocycles. The summed E-state index contributed by atoms with van der Waals surface area (Å²) in [4.78, 5) is 15.2. The maximum Gasteiger partial charge on any atom is 0.163 e. The summed E-state index contributed by atoms with van der Waals surface area (Å²) >= 11 is 0. The number of aromatic nitrogens is 1. The molecule has 0 bridgehead atoms. The van der Waals surface area contributed by atoms with Crippen molar-refractivity contribution in [1.82, 2.24) is 9.88 Å². The Morgan fingerprint density at radius 1 is 1.17 bits per heavy atom. The van der Waals surface area contributed by atoms with Crippen LogP contribution in [0.25, 0.3) is 17.0 Å². The zero-order valence-electron chi connectivity index (χ0n) is 9.61. The molecule has 0 saturated carbocycles. The van der Waals surface area contributed by atoms with Crippen molar-refractivity contribution in [2.75, 3.05) is 6.54 Å². The highest BCUT2D eigenvalue weighted by Gasteiger charge is 2.13. The Balaban J connectivity index is 2.13. The van der Waals surface area contributed by atoms with Crippen molar-refractivity contribution in [1.29, 1.82) is 0 Å². The quantitative estimate of drug-likeness (QED) is 0.676. The van der Waals surface area contributed by atoms with Crippen LogP contribution in [0.2, 0.25) is 0 Å². The van der Waals surface area contributed by atoms with Crippen LogP contribution in [0.4, 0.5) is 0 Å². The zero-order chi connectivity index (χ0) is 11.9. The van der Waals surface area contributed by atoms with Crippen LogP contribution in [0.5, 0.6) is 0 Å². The summed E-state index contributed by atoms with van der Waals surface area (Å²) in [6.45, 7) is 0.762. The lowest BCUT2D eigenvalue weighted by molar-refractivity contribution is 0.548. The Morgan fingerprint density at radius 3 is 3.11 bits per heavy atom. The van der Waals surface area contributed by atoms with Crippen LogP contribution in [0.3, 0.4) is 0 Å². The van der Waals surface area contributed by atoms with E-state index < -0.39 is 0 Å². The summed E-state index contributed by atoms with van der Waals surface area (Å²) < 4.78 is 0. The average molecular weight is 234 g/mol. The van der Waals surface area contributed by atoms with Gasteiger partial charge in [0.05, 0.1) is 12.7 Å². The summed E-state index contributed by atoms with van der Waals surface area (Å²) in [5.74, 6) is 0.854. The van der Waals surface area contributed by atoms with Crippen LogP contribution < -0.4 is 10.7 Å². The molecular weight excluding hydrogens is 224 g/mol. The molecule has 0 atom stereocenters. The molecule has 0 spiro atoms. The molecule has 4 nitrogen and oxygen atoms in total. The molecule has 0 amide bonds. The Kier molecular flexibility index (Phi) is 1.85. The minimum absolute atomic E-state index is 0.762. The van der Waals surface area contributed by atoms with Gasteiger partial charge in [0.1, 0.15) is 0 Å². The smallest absolute Gasteiger partial charge is 0.163 e. The van der Waals surface area contributed by atoms with Gasteiger partial charge >= 0.3 is 0 Å². The minimum atomic E-state index is 0.762. The van der Waals surface area contributed by atoms with E-state index in [1.54, 1.807) is 6.20 Å². The third kappa shape index (κ3) is 1.29. The van der Waals surface area contributed by atoms with E-state index in [1.165, 1.54) is 5.39 Å². The molecule has 0 N–H and O–H groups in total. The van der Waals surface area contributed by atoms with Crippen LogP contribution in [-0.4, -0.2) is 22.6 Å². The largest absolute Gasteiger partial charge is 0.326 e. The number of benzene rings is 1. The van der Waals surface area contributed by atoms with E-state index in [9.17, 15) is 0 Å². The van der Waals surface area contributed by atoms with Crippen LogP contribution >= 0.6 is 0 Å². The molecule has 1 aromatic carbocycles. The first-order valence-electron chi connectivity index (χ1n) is 5.85. The maximum absolute atomic E-state index is 4.55. The predicted octanol–water partition coefficient (Wildman–Crippen LogP) is 0.791. The predicted molar refractivity (Wildman–Crippen MR) is 70.3 cm³/mol. The maximum atomic E-state index is 4.55. The van der Waals surface area contributed by atoms with Gasteiger partial charge in [-0.05, 0) is 5.39 Å². The number of aliphatic imine (C=N–C) groups is 1. The lowest BCUT2D eigenvalue weighted by atomic mass is 10.1. The highest BCUT2D eigenvalue weighted by Crippen LogP contribution is 2.12. The van der Waals surface area contributed by atoms with E-state index in [2.05, 4.69) is 38.2 Å². The fraction of sp³-hybridized carbons (Fsp3) is 0.0714. The van der Waals surface area contributed by atoms with E-state index in [0.717, 1.165) is 28.5 Å². The van der Waals surface area contributed by atoms with E-state index in [1.807, 2.05) is 24.5 Å². The Hall–Kier alpha value is -2.49. The summed E-state index contributed by atoms with van der Waals surface area (Å²) in [6, 6.07) is 8.24. The number of nitrogens with zero attached hydrogens (tertiary/aromatic N) is 4. The summed E-state index contributed by atoms with van der Waals surface area (Å²) in [5, 5.41) is 3.41. The molecular formula is C14H10N4. The van der Waals surface area contributed by atoms with Gasteiger partial charge in [0, 0.05) is 29.2 Å². The summed E-state index contributed by atoms with van der Waals surface area (Å²) in [5.41, 5.74) is 0.772. The third-order valence-corrected chi connectivity index (χ3v) is 3.19. The third-order valence-electron chi connectivity index (χ3n) is 3.19. The lowest BCUT2D eigenvalue weighted by Crippen LogP contribution is -2.38. The van der Waals surface area contributed by atoms with Crippen LogP contribution in [-0.2, 0) is 0 Å². The molecule has 0 fully saturated rings. The number of hydrogen-bond donors (Lipinski definition) is 0. The van der Waals surface area contributed by atoms with Gasteiger partial charge in [-0.15, -0.1) is 0 Å². The normalized spacial score (nSPS) is 16.4. The van der Waals surface area contributed by atoms with Crippen molar-refractivity contribution in [3.8, 4) is 0 Å². The number of rotatable bonds is 0. The molecule has 1 aromatic heterocycles. The van der Waals surface area contributed by atoms with E-state index in [0.29, 0.717) is 0 Å². The highest BCUT2D eigenvalue weighted by atomic mass is 15.2. The molecule has 18 heavy (non-hydrogen) atoms. The fourth-order valence-electron chi connectivity index (χ4n) is 2.29. The highest BCUT2D eigenvalue weighted by molar-refractivity contribution is 5.82. The SMILES string of the molecule is C1=NC=C2N=c3ncc4ccccc4c3=CN2C1. The van der Waals surface area contributed by atoms with Crippen molar-refractivity contribution in [2.45, 2.75) is 0 Å². The summed E-state index contributed by atoms with van der Waals surface area (Å²) in [6.07, 6.45) is 7.61. The second kappa shape index (κ2) is 3.50. The number of fused-ring (bicyclic) bond motifs is 4. The van der Waals surface area contributed by atoms with Crippen LogP contribution in [0.15, 0.2) is 52.5 Å². The van der Waals surface area contributed by atoms with Crippen LogP contribution in [0.1, 0.15) is 0 Å². The summed E-state index contributed by atoms with van der Waals surface area (Å²) in [7, 11) is 0. The minimum Gasteiger partial charge on any atom is -0.326 e. The van der Waals surface area contributed by atoms with Gasteiger partial charge in [0.25, 0.3) is 0 Å². The molecule has 2 aliphatic heterocycles. The molecule has 0 unspecified atom stereocenters. The van der Waals surface area contributed by atoms with Gasteiger partial charge in [-0.25, -0.2) is 9.98 Å². The van der Waals surface area contributed by atoms with Gasteiger partial charge in [-0.2, -0.15) is 0 Å². The Bertz CT molecular complexity index is 817. The standard InChI is InChI=1S/C14H10N4/c1-2-4-11-10(3-1)7-16-14-12(11)9-18-6-5-15-8-13(18)17-14/h1-5,7-9H,6H2. The molecule has 4 heteroatoms. The van der Waals surface area contributed by atoms with Crippen molar-refractivity contribution in [3.05, 3.63) is 53.2 Å². The Morgan fingerprint density at radius 2 is 2.11 bits per heavy atom.